The summed E-state index contributed by atoms with van der Waals surface area (Å²) in [6.45, 7) is 6.84. The molecule has 1 aliphatic rings. The first kappa shape index (κ1) is 20.1. The Balaban J connectivity index is 1.43. The summed E-state index contributed by atoms with van der Waals surface area (Å²) < 4.78 is 7.50. The molecule has 2 aromatic heterocycles. The Labute approximate surface area is 176 Å². The lowest BCUT2D eigenvalue weighted by Crippen LogP contribution is -2.42. The highest BCUT2D eigenvalue weighted by atomic mass is 16.6. The Kier molecular flexibility index (Phi) is 5.28. The highest BCUT2D eigenvalue weighted by Crippen LogP contribution is 2.27. The summed E-state index contributed by atoms with van der Waals surface area (Å²) in [6, 6.07) is 11.7. The molecule has 0 saturated carbocycles. The number of nitrogens with one attached hydrogen (secondary N) is 2. The molecule has 2 amide bonds. The SMILES string of the molecule is CC(C)(C)OC(=O)N1CCC(n2cccc2C(=O)Nc2cccc3[nH]ccc23)CC1. The fourth-order valence-electron chi connectivity index (χ4n) is 3.94. The molecule has 2 N–H and O–H groups in total. The van der Waals surface area contributed by atoms with Crippen LogP contribution in [0.2, 0.25) is 0 Å². The van der Waals surface area contributed by atoms with Crippen molar-refractivity contribution in [1.29, 1.82) is 0 Å². The second kappa shape index (κ2) is 7.89. The molecule has 0 atom stereocenters. The van der Waals surface area contributed by atoms with E-state index in [0.29, 0.717) is 18.8 Å². The topological polar surface area (TPSA) is 79.4 Å². The van der Waals surface area contributed by atoms with Gasteiger partial charge < -0.3 is 24.5 Å². The lowest BCUT2D eigenvalue weighted by molar-refractivity contribution is 0.0187. The van der Waals surface area contributed by atoms with Gasteiger partial charge in [-0.05, 0) is 63.9 Å². The normalized spacial score (nSPS) is 15.4. The monoisotopic (exact) mass is 408 g/mol. The summed E-state index contributed by atoms with van der Waals surface area (Å²) in [7, 11) is 0. The van der Waals surface area contributed by atoms with Gasteiger partial charge in [-0.15, -0.1) is 0 Å². The van der Waals surface area contributed by atoms with E-state index in [2.05, 4.69) is 10.3 Å². The molecule has 1 aromatic carbocycles. The number of likely N-dealkylation sites (tertiary alicyclic amines) is 1. The van der Waals surface area contributed by atoms with Gasteiger partial charge in [0.15, 0.2) is 0 Å². The van der Waals surface area contributed by atoms with Crippen LogP contribution in [-0.4, -0.2) is 45.1 Å². The minimum atomic E-state index is -0.498. The van der Waals surface area contributed by atoms with Gasteiger partial charge >= 0.3 is 6.09 Å². The van der Waals surface area contributed by atoms with E-state index in [1.165, 1.54) is 0 Å². The molecule has 7 nitrogen and oxygen atoms in total. The third-order valence-corrected chi connectivity index (χ3v) is 5.36. The minimum Gasteiger partial charge on any atom is -0.444 e. The third-order valence-electron chi connectivity index (χ3n) is 5.36. The molecule has 1 fully saturated rings. The van der Waals surface area contributed by atoms with Gasteiger partial charge in [-0.1, -0.05) is 6.07 Å². The molecule has 1 saturated heterocycles. The lowest BCUT2D eigenvalue weighted by atomic mass is 10.0. The van der Waals surface area contributed by atoms with E-state index in [1.807, 2.05) is 74.1 Å². The molecule has 4 rings (SSSR count). The first-order valence-corrected chi connectivity index (χ1v) is 10.3. The van der Waals surface area contributed by atoms with Gasteiger partial charge in [-0.25, -0.2) is 4.79 Å². The maximum Gasteiger partial charge on any atom is 0.410 e. The van der Waals surface area contributed by atoms with Crippen LogP contribution < -0.4 is 5.32 Å². The summed E-state index contributed by atoms with van der Waals surface area (Å²) in [4.78, 5) is 30.2. The molecule has 158 valence electrons. The summed E-state index contributed by atoms with van der Waals surface area (Å²) in [5.41, 5.74) is 1.89. The van der Waals surface area contributed by atoms with Crippen LogP contribution in [0.15, 0.2) is 48.8 Å². The summed E-state index contributed by atoms with van der Waals surface area (Å²) >= 11 is 0. The van der Waals surface area contributed by atoms with E-state index in [0.717, 1.165) is 29.4 Å². The molecule has 0 unspecified atom stereocenters. The molecule has 0 bridgehead atoms. The number of H-pyrrole nitrogens is 1. The van der Waals surface area contributed by atoms with E-state index >= 15 is 0 Å². The fraction of sp³-hybridized carbons (Fsp3) is 0.391. The number of carbonyl (C=O) groups excluding carboxylic acids is 2. The van der Waals surface area contributed by atoms with Gasteiger partial charge in [0, 0.05) is 42.4 Å². The van der Waals surface area contributed by atoms with Crippen molar-refractivity contribution in [3.05, 3.63) is 54.5 Å². The van der Waals surface area contributed by atoms with E-state index in [9.17, 15) is 9.59 Å². The number of benzene rings is 1. The first-order valence-electron chi connectivity index (χ1n) is 10.3. The fourth-order valence-corrected chi connectivity index (χ4v) is 3.94. The van der Waals surface area contributed by atoms with E-state index < -0.39 is 5.60 Å². The number of aromatic nitrogens is 2. The van der Waals surface area contributed by atoms with Crippen LogP contribution in [0.5, 0.6) is 0 Å². The predicted molar refractivity (Wildman–Crippen MR) is 117 cm³/mol. The summed E-state index contributed by atoms with van der Waals surface area (Å²) in [5.74, 6) is -0.136. The Morgan fingerprint density at radius 2 is 1.87 bits per heavy atom. The van der Waals surface area contributed by atoms with Crippen molar-refractivity contribution in [2.75, 3.05) is 18.4 Å². The maximum absolute atomic E-state index is 13.0. The lowest BCUT2D eigenvalue weighted by Gasteiger charge is -2.34. The summed E-state index contributed by atoms with van der Waals surface area (Å²) in [5, 5.41) is 4.02. The standard InChI is InChI=1S/C23H28N4O3/c1-23(2,3)30-22(29)26-14-10-16(11-15-26)27-13-5-8-20(27)21(28)25-19-7-4-6-18-17(19)9-12-24-18/h4-9,12-13,16,24H,10-11,14-15H2,1-3H3,(H,25,28). The number of aromatic amines is 1. The van der Waals surface area contributed by atoms with E-state index in [-0.39, 0.29) is 18.0 Å². The molecule has 1 aliphatic heterocycles. The van der Waals surface area contributed by atoms with Crippen molar-refractivity contribution in [3.8, 4) is 0 Å². The molecular weight excluding hydrogens is 380 g/mol. The van der Waals surface area contributed by atoms with E-state index in [1.54, 1.807) is 4.90 Å². The Morgan fingerprint density at radius 3 is 2.60 bits per heavy atom. The average molecular weight is 409 g/mol. The zero-order valence-electron chi connectivity index (χ0n) is 17.6. The van der Waals surface area contributed by atoms with Crippen LogP contribution in [0.25, 0.3) is 10.9 Å². The number of hydrogen-bond acceptors (Lipinski definition) is 3. The number of anilines is 1. The predicted octanol–water partition coefficient (Wildman–Crippen LogP) is 4.79. The Morgan fingerprint density at radius 1 is 1.10 bits per heavy atom. The van der Waals surface area contributed by atoms with Crippen molar-refractivity contribution < 1.29 is 14.3 Å². The summed E-state index contributed by atoms with van der Waals surface area (Å²) in [6.07, 6.45) is 5.09. The Bertz CT molecular complexity index is 1050. The molecule has 7 heteroatoms. The van der Waals surface area contributed by atoms with Gasteiger partial charge in [0.05, 0.1) is 5.69 Å². The number of piperidine rings is 1. The zero-order valence-corrected chi connectivity index (χ0v) is 17.6. The number of rotatable bonds is 3. The number of hydrogen-bond donors (Lipinski definition) is 2. The molecular formula is C23H28N4O3. The van der Waals surface area contributed by atoms with Gasteiger partial charge in [-0.2, -0.15) is 0 Å². The van der Waals surface area contributed by atoms with Crippen molar-refractivity contribution in [1.82, 2.24) is 14.5 Å². The van der Waals surface area contributed by atoms with Crippen molar-refractivity contribution >= 4 is 28.6 Å². The number of carbonyl (C=O) groups is 2. The smallest absolute Gasteiger partial charge is 0.410 e. The van der Waals surface area contributed by atoms with Crippen LogP contribution in [0.4, 0.5) is 10.5 Å². The van der Waals surface area contributed by atoms with Crippen LogP contribution in [-0.2, 0) is 4.74 Å². The van der Waals surface area contributed by atoms with Gasteiger partial charge in [-0.3, -0.25) is 4.79 Å². The van der Waals surface area contributed by atoms with Crippen molar-refractivity contribution in [2.24, 2.45) is 0 Å². The molecule has 0 radical (unpaired) electrons. The van der Waals surface area contributed by atoms with Crippen LogP contribution in [0.3, 0.4) is 0 Å². The highest BCUT2D eigenvalue weighted by molar-refractivity contribution is 6.08. The number of nitrogens with zero attached hydrogens (tertiary/aromatic N) is 2. The number of amides is 2. The highest BCUT2D eigenvalue weighted by Gasteiger charge is 2.28. The van der Waals surface area contributed by atoms with Crippen LogP contribution in [0.1, 0.15) is 50.1 Å². The molecule has 30 heavy (non-hydrogen) atoms. The molecule has 3 heterocycles. The number of ether oxygens (including phenoxy) is 1. The quantitative estimate of drug-likeness (QED) is 0.654. The van der Waals surface area contributed by atoms with Crippen molar-refractivity contribution in [3.63, 3.8) is 0 Å². The molecule has 0 spiro atoms. The Hall–Kier alpha value is -3.22. The molecule has 0 aliphatic carbocycles. The maximum atomic E-state index is 13.0. The van der Waals surface area contributed by atoms with Gasteiger partial charge in [0.25, 0.3) is 5.91 Å². The van der Waals surface area contributed by atoms with Gasteiger partial charge in [0.2, 0.25) is 0 Å². The van der Waals surface area contributed by atoms with E-state index in [4.69, 9.17) is 4.74 Å². The minimum absolute atomic E-state index is 0.136. The van der Waals surface area contributed by atoms with Crippen LogP contribution in [0, 0.1) is 0 Å². The largest absolute Gasteiger partial charge is 0.444 e. The second-order valence-corrected chi connectivity index (χ2v) is 8.70. The van der Waals surface area contributed by atoms with Gasteiger partial charge in [0.1, 0.15) is 11.3 Å². The second-order valence-electron chi connectivity index (χ2n) is 8.70. The van der Waals surface area contributed by atoms with Crippen molar-refractivity contribution in [2.45, 2.75) is 45.3 Å². The number of fused-ring (bicyclic) bond motifs is 1. The zero-order chi connectivity index (χ0) is 21.3. The third kappa shape index (κ3) is 4.20. The first-order chi connectivity index (χ1) is 14.3. The average Bonchev–Trinajstić information content (AvgIpc) is 3.37. The molecule has 3 aromatic rings. The van der Waals surface area contributed by atoms with Crippen LogP contribution >= 0.6 is 0 Å².